The van der Waals surface area contributed by atoms with Gasteiger partial charge in [0.05, 0.1) is 6.61 Å². The summed E-state index contributed by atoms with van der Waals surface area (Å²) in [5.74, 6) is 2.10. The van der Waals surface area contributed by atoms with Gasteiger partial charge in [-0.3, -0.25) is 4.79 Å². The van der Waals surface area contributed by atoms with Crippen LogP contribution in [0.3, 0.4) is 0 Å². The molecule has 1 heterocycles. The number of ether oxygens (including phenoxy) is 3. The van der Waals surface area contributed by atoms with Crippen LogP contribution >= 0.6 is 0 Å². The van der Waals surface area contributed by atoms with Gasteiger partial charge in [0.1, 0.15) is 22.8 Å². The van der Waals surface area contributed by atoms with Crippen molar-refractivity contribution in [2.45, 2.75) is 59.5 Å². The standard InChI is InChI=1S/C23H29NO4/c1-14-15(2)22-20(16(3)21(14)27-17(4)25)10-11-23(5,28-22)12-13-26-19-8-6-18(24)7-9-19/h6-9H,10-13,24H2,1-5H3. The maximum absolute atomic E-state index is 11.5. The lowest BCUT2D eigenvalue weighted by molar-refractivity contribution is -0.132. The smallest absolute Gasteiger partial charge is 0.308 e. The van der Waals surface area contributed by atoms with E-state index in [0.29, 0.717) is 12.4 Å². The molecule has 0 bridgehead atoms. The Bertz CT molecular complexity index is 889. The van der Waals surface area contributed by atoms with Crippen molar-refractivity contribution >= 4 is 11.7 Å². The van der Waals surface area contributed by atoms with E-state index in [0.717, 1.165) is 58.7 Å². The Morgan fingerprint density at radius 3 is 2.46 bits per heavy atom. The molecule has 2 aromatic carbocycles. The number of hydrogen-bond donors (Lipinski definition) is 1. The Morgan fingerprint density at radius 1 is 1.14 bits per heavy atom. The maximum atomic E-state index is 11.5. The highest BCUT2D eigenvalue weighted by molar-refractivity contribution is 5.72. The van der Waals surface area contributed by atoms with E-state index in [2.05, 4.69) is 6.92 Å². The largest absolute Gasteiger partial charge is 0.493 e. The molecule has 0 saturated carbocycles. The molecule has 2 aromatic rings. The lowest BCUT2D eigenvalue weighted by Gasteiger charge is -2.38. The average Bonchev–Trinajstić information content (AvgIpc) is 2.65. The summed E-state index contributed by atoms with van der Waals surface area (Å²) < 4.78 is 17.8. The van der Waals surface area contributed by atoms with Gasteiger partial charge in [0.2, 0.25) is 0 Å². The summed E-state index contributed by atoms with van der Waals surface area (Å²) in [7, 11) is 0. The Hall–Kier alpha value is -2.69. The normalized spacial score (nSPS) is 18.2. The molecule has 5 nitrogen and oxygen atoms in total. The number of hydrogen-bond acceptors (Lipinski definition) is 5. The first-order valence-electron chi connectivity index (χ1n) is 9.68. The van der Waals surface area contributed by atoms with Crippen molar-refractivity contribution in [1.82, 2.24) is 0 Å². The zero-order valence-electron chi connectivity index (χ0n) is 17.3. The number of rotatable bonds is 5. The topological polar surface area (TPSA) is 70.8 Å². The molecule has 0 saturated heterocycles. The second-order valence-corrected chi connectivity index (χ2v) is 7.82. The average molecular weight is 383 g/mol. The highest BCUT2D eigenvalue weighted by Gasteiger charge is 2.35. The molecule has 0 radical (unpaired) electrons. The van der Waals surface area contributed by atoms with Crippen LogP contribution in [0.1, 0.15) is 48.9 Å². The van der Waals surface area contributed by atoms with Gasteiger partial charge in [-0.05, 0) is 81.5 Å². The van der Waals surface area contributed by atoms with E-state index in [9.17, 15) is 4.79 Å². The summed E-state index contributed by atoms with van der Waals surface area (Å²) in [6.07, 6.45) is 2.54. The van der Waals surface area contributed by atoms with Gasteiger partial charge < -0.3 is 19.9 Å². The zero-order valence-corrected chi connectivity index (χ0v) is 17.3. The summed E-state index contributed by atoms with van der Waals surface area (Å²) in [6.45, 7) is 10.1. The van der Waals surface area contributed by atoms with E-state index in [4.69, 9.17) is 19.9 Å². The first kappa shape index (κ1) is 20.1. The number of benzene rings is 2. The number of nitrogens with two attached hydrogens (primary N) is 1. The van der Waals surface area contributed by atoms with Crippen molar-refractivity contribution in [3.8, 4) is 17.2 Å². The van der Waals surface area contributed by atoms with Crippen LogP contribution in [0.15, 0.2) is 24.3 Å². The molecule has 0 amide bonds. The fraction of sp³-hybridized carbons (Fsp3) is 0.435. The summed E-state index contributed by atoms with van der Waals surface area (Å²) in [5.41, 5.74) is 10.2. The van der Waals surface area contributed by atoms with Crippen LogP contribution in [0, 0.1) is 20.8 Å². The molecule has 5 heteroatoms. The van der Waals surface area contributed by atoms with Crippen LogP contribution in [-0.2, 0) is 11.2 Å². The Labute approximate surface area is 166 Å². The molecule has 0 fully saturated rings. The summed E-state index contributed by atoms with van der Waals surface area (Å²) in [4.78, 5) is 11.5. The van der Waals surface area contributed by atoms with Crippen LogP contribution in [0.2, 0.25) is 0 Å². The highest BCUT2D eigenvalue weighted by Crippen LogP contribution is 2.44. The minimum absolute atomic E-state index is 0.298. The van der Waals surface area contributed by atoms with E-state index in [1.54, 1.807) is 0 Å². The second kappa shape index (κ2) is 7.74. The molecule has 2 N–H and O–H groups in total. The SMILES string of the molecule is CC(=O)Oc1c(C)c(C)c2c(c1C)CCC(C)(CCOc1ccc(N)cc1)O2. The first-order valence-corrected chi connectivity index (χ1v) is 9.68. The van der Waals surface area contributed by atoms with Crippen molar-refractivity contribution in [3.05, 3.63) is 46.5 Å². The third-order valence-corrected chi connectivity index (χ3v) is 5.59. The fourth-order valence-corrected chi connectivity index (χ4v) is 3.70. The molecule has 0 aromatic heterocycles. The van der Waals surface area contributed by atoms with E-state index in [-0.39, 0.29) is 11.6 Å². The fourth-order valence-electron chi connectivity index (χ4n) is 3.70. The van der Waals surface area contributed by atoms with Crippen LogP contribution in [0.5, 0.6) is 17.2 Å². The second-order valence-electron chi connectivity index (χ2n) is 7.82. The molecule has 150 valence electrons. The van der Waals surface area contributed by atoms with Crippen LogP contribution in [-0.4, -0.2) is 18.2 Å². The summed E-state index contributed by atoms with van der Waals surface area (Å²) in [6, 6.07) is 7.42. The highest BCUT2D eigenvalue weighted by atomic mass is 16.5. The molecule has 3 rings (SSSR count). The predicted molar refractivity (Wildman–Crippen MR) is 110 cm³/mol. The lowest BCUT2D eigenvalue weighted by Crippen LogP contribution is -2.38. The minimum atomic E-state index is -0.299. The van der Waals surface area contributed by atoms with Gasteiger partial charge in [-0.15, -0.1) is 0 Å². The molecule has 1 unspecified atom stereocenters. The van der Waals surface area contributed by atoms with E-state index < -0.39 is 0 Å². The molecule has 28 heavy (non-hydrogen) atoms. The third kappa shape index (κ3) is 4.08. The van der Waals surface area contributed by atoms with E-state index in [1.807, 2.05) is 45.0 Å². The number of fused-ring (bicyclic) bond motifs is 1. The molecule has 1 atom stereocenters. The molecule has 1 aliphatic rings. The molecular weight excluding hydrogens is 354 g/mol. The van der Waals surface area contributed by atoms with Crippen molar-refractivity contribution in [3.63, 3.8) is 0 Å². The molecule has 1 aliphatic heterocycles. The van der Waals surface area contributed by atoms with Crippen LogP contribution in [0.25, 0.3) is 0 Å². The third-order valence-electron chi connectivity index (χ3n) is 5.59. The molecule has 0 spiro atoms. The number of nitrogen functional groups attached to an aromatic ring is 1. The van der Waals surface area contributed by atoms with Crippen LogP contribution < -0.4 is 19.9 Å². The maximum Gasteiger partial charge on any atom is 0.308 e. The minimum Gasteiger partial charge on any atom is -0.493 e. The van der Waals surface area contributed by atoms with Gasteiger partial charge in [-0.2, -0.15) is 0 Å². The zero-order chi connectivity index (χ0) is 20.5. The number of anilines is 1. The van der Waals surface area contributed by atoms with Crippen molar-refractivity contribution in [2.24, 2.45) is 0 Å². The number of carbonyl (C=O) groups excluding carboxylic acids is 1. The van der Waals surface area contributed by atoms with E-state index in [1.165, 1.54) is 6.92 Å². The van der Waals surface area contributed by atoms with Crippen molar-refractivity contribution < 1.29 is 19.0 Å². The van der Waals surface area contributed by atoms with Gasteiger partial charge in [-0.1, -0.05) is 0 Å². The quantitative estimate of drug-likeness (QED) is 0.461. The first-order chi connectivity index (χ1) is 13.2. The van der Waals surface area contributed by atoms with E-state index >= 15 is 0 Å². The molecule has 0 aliphatic carbocycles. The number of carbonyl (C=O) groups is 1. The Kier molecular flexibility index (Phi) is 5.54. The Balaban J connectivity index is 1.75. The van der Waals surface area contributed by atoms with Crippen molar-refractivity contribution in [1.29, 1.82) is 0 Å². The lowest BCUT2D eigenvalue weighted by atomic mass is 9.86. The Morgan fingerprint density at radius 2 is 1.82 bits per heavy atom. The summed E-state index contributed by atoms with van der Waals surface area (Å²) in [5, 5.41) is 0. The van der Waals surface area contributed by atoms with Gasteiger partial charge in [-0.25, -0.2) is 0 Å². The van der Waals surface area contributed by atoms with Gasteiger partial charge in [0.15, 0.2) is 0 Å². The van der Waals surface area contributed by atoms with Crippen LogP contribution in [0.4, 0.5) is 5.69 Å². The number of esters is 1. The predicted octanol–water partition coefficient (Wildman–Crippen LogP) is 4.67. The van der Waals surface area contributed by atoms with Crippen molar-refractivity contribution in [2.75, 3.05) is 12.3 Å². The molecular formula is C23H29NO4. The monoisotopic (exact) mass is 383 g/mol. The van der Waals surface area contributed by atoms with Gasteiger partial charge >= 0.3 is 5.97 Å². The van der Waals surface area contributed by atoms with Gasteiger partial charge in [0, 0.05) is 24.6 Å². The summed E-state index contributed by atoms with van der Waals surface area (Å²) >= 11 is 0. The van der Waals surface area contributed by atoms with Gasteiger partial charge in [0.25, 0.3) is 0 Å².